The van der Waals surface area contributed by atoms with E-state index in [-0.39, 0.29) is 5.76 Å². The predicted octanol–water partition coefficient (Wildman–Crippen LogP) is 3.20. The fourth-order valence-electron chi connectivity index (χ4n) is 1.94. The number of rotatable bonds is 7. The topological polar surface area (TPSA) is 62.5 Å². The molecule has 1 heterocycles. The maximum atomic E-state index is 10.8. The fourth-order valence-corrected chi connectivity index (χ4v) is 1.94. The molecule has 1 aromatic rings. The van der Waals surface area contributed by atoms with Gasteiger partial charge in [-0.1, -0.05) is 20.3 Å². The quantitative estimate of drug-likeness (QED) is 0.783. The van der Waals surface area contributed by atoms with Crippen molar-refractivity contribution in [3.63, 3.8) is 0 Å². The summed E-state index contributed by atoms with van der Waals surface area (Å²) in [6.45, 7) is 9.03. The van der Waals surface area contributed by atoms with Crippen LogP contribution >= 0.6 is 0 Å². The summed E-state index contributed by atoms with van der Waals surface area (Å²) >= 11 is 0. The highest BCUT2D eigenvalue weighted by Crippen LogP contribution is 2.15. The van der Waals surface area contributed by atoms with Crippen LogP contribution in [0.4, 0.5) is 0 Å². The first-order valence-electron chi connectivity index (χ1n) is 6.50. The van der Waals surface area contributed by atoms with E-state index in [9.17, 15) is 4.79 Å². The van der Waals surface area contributed by atoms with Crippen molar-refractivity contribution in [1.82, 2.24) is 5.32 Å². The number of carboxylic acid groups (broad SMARTS) is 1. The first-order valence-corrected chi connectivity index (χ1v) is 6.50. The number of carboxylic acids is 1. The average Bonchev–Trinajstić information content (AvgIpc) is 2.68. The summed E-state index contributed by atoms with van der Waals surface area (Å²) in [7, 11) is 0. The number of aromatic carboxylic acids is 1. The van der Waals surface area contributed by atoms with Gasteiger partial charge < -0.3 is 14.8 Å². The third kappa shape index (κ3) is 4.18. The number of hydrogen-bond acceptors (Lipinski definition) is 3. The highest BCUT2D eigenvalue weighted by atomic mass is 16.4. The Balaban J connectivity index is 2.50. The molecule has 0 fully saturated rings. The van der Waals surface area contributed by atoms with Crippen molar-refractivity contribution in [3.05, 3.63) is 23.2 Å². The molecule has 0 aliphatic heterocycles. The van der Waals surface area contributed by atoms with Crippen LogP contribution in [0.5, 0.6) is 0 Å². The van der Waals surface area contributed by atoms with Gasteiger partial charge in [-0.05, 0) is 32.3 Å². The van der Waals surface area contributed by atoms with Crippen LogP contribution in [-0.4, -0.2) is 17.1 Å². The van der Waals surface area contributed by atoms with Gasteiger partial charge >= 0.3 is 5.97 Å². The van der Waals surface area contributed by atoms with Crippen molar-refractivity contribution in [2.45, 2.75) is 53.1 Å². The van der Waals surface area contributed by atoms with Gasteiger partial charge in [-0.3, -0.25) is 0 Å². The van der Waals surface area contributed by atoms with Gasteiger partial charge in [0.1, 0.15) is 5.76 Å². The maximum Gasteiger partial charge on any atom is 0.371 e. The zero-order chi connectivity index (χ0) is 13.7. The van der Waals surface area contributed by atoms with Crippen LogP contribution in [0.3, 0.4) is 0 Å². The maximum absolute atomic E-state index is 10.8. The van der Waals surface area contributed by atoms with Gasteiger partial charge in [0.25, 0.3) is 0 Å². The SMILES string of the molecule is CCC(C)CC(C)NCc1cc(C(=O)O)oc1C. The minimum atomic E-state index is -1.02. The number of aryl methyl sites for hydroxylation is 1. The van der Waals surface area contributed by atoms with Crippen molar-refractivity contribution >= 4 is 5.97 Å². The predicted molar refractivity (Wildman–Crippen MR) is 70.8 cm³/mol. The summed E-state index contributed by atoms with van der Waals surface area (Å²) in [6.07, 6.45) is 2.30. The zero-order valence-corrected chi connectivity index (χ0v) is 11.6. The Morgan fingerprint density at radius 3 is 2.67 bits per heavy atom. The van der Waals surface area contributed by atoms with Crippen molar-refractivity contribution in [1.29, 1.82) is 0 Å². The third-order valence-electron chi connectivity index (χ3n) is 3.33. The van der Waals surface area contributed by atoms with Crippen LogP contribution < -0.4 is 5.32 Å². The van der Waals surface area contributed by atoms with Crippen LogP contribution in [-0.2, 0) is 6.54 Å². The van der Waals surface area contributed by atoms with E-state index in [2.05, 4.69) is 26.1 Å². The van der Waals surface area contributed by atoms with E-state index in [1.54, 1.807) is 13.0 Å². The Morgan fingerprint density at radius 1 is 1.50 bits per heavy atom. The van der Waals surface area contributed by atoms with E-state index in [1.165, 1.54) is 6.42 Å². The lowest BCUT2D eigenvalue weighted by atomic mass is 10.0. The van der Waals surface area contributed by atoms with Gasteiger partial charge in [-0.25, -0.2) is 4.79 Å². The number of furan rings is 1. The fraction of sp³-hybridized carbons (Fsp3) is 0.643. The number of nitrogens with one attached hydrogen (secondary N) is 1. The first-order chi connectivity index (χ1) is 8.43. The standard InChI is InChI=1S/C14H23NO3/c1-5-9(2)6-10(3)15-8-12-7-13(14(16)17)18-11(12)4/h7,9-10,15H,5-6,8H2,1-4H3,(H,16,17). The molecule has 0 amide bonds. The van der Waals surface area contributed by atoms with E-state index in [4.69, 9.17) is 9.52 Å². The minimum absolute atomic E-state index is 0.0129. The molecule has 0 aliphatic rings. The Hall–Kier alpha value is -1.29. The molecular weight excluding hydrogens is 230 g/mol. The van der Waals surface area contributed by atoms with Gasteiger partial charge in [0.05, 0.1) is 0 Å². The van der Waals surface area contributed by atoms with Crippen LogP contribution in [0.2, 0.25) is 0 Å². The zero-order valence-electron chi connectivity index (χ0n) is 11.6. The molecule has 2 atom stereocenters. The van der Waals surface area contributed by atoms with Crippen molar-refractivity contribution < 1.29 is 14.3 Å². The Labute approximate surface area is 108 Å². The molecule has 0 saturated carbocycles. The number of carbonyl (C=O) groups is 1. The van der Waals surface area contributed by atoms with Crippen molar-refractivity contribution in [2.24, 2.45) is 5.92 Å². The largest absolute Gasteiger partial charge is 0.475 e. The molecular formula is C14H23NO3. The summed E-state index contributed by atoms with van der Waals surface area (Å²) in [4.78, 5) is 10.8. The van der Waals surface area contributed by atoms with Gasteiger partial charge in [0, 0.05) is 18.2 Å². The van der Waals surface area contributed by atoms with Gasteiger partial charge in [-0.15, -0.1) is 0 Å². The molecule has 4 heteroatoms. The van der Waals surface area contributed by atoms with E-state index < -0.39 is 5.97 Å². The van der Waals surface area contributed by atoms with E-state index in [1.807, 2.05) is 0 Å². The van der Waals surface area contributed by atoms with Crippen LogP contribution in [0, 0.1) is 12.8 Å². The molecule has 0 bridgehead atoms. The van der Waals surface area contributed by atoms with E-state index in [0.29, 0.717) is 24.3 Å². The molecule has 0 aromatic carbocycles. The van der Waals surface area contributed by atoms with Gasteiger partial charge in [-0.2, -0.15) is 0 Å². The average molecular weight is 253 g/mol. The highest BCUT2D eigenvalue weighted by Gasteiger charge is 2.14. The molecule has 2 N–H and O–H groups in total. The molecule has 0 spiro atoms. The lowest BCUT2D eigenvalue weighted by molar-refractivity contribution is 0.0661. The number of hydrogen-bond donors (Lipinski definition) is 2. The molecule has 1 aromatic heterocycles. The lowest BCUT2D eigenvalue weighted by Gasteiger charge is -2.17. The van der Waals surface area contributed by atoms with Crippen LogP contribution in [0.25, 0.3) is 0 Å². The monoisotopic (exact) mass is 253 g/mol. The van der Waals surface area contributed by atoms with Crippen LogP contribution in [0.15, 0.2) is 10.5 Å². The molecule has 2 unspecified atom stereocenters. The normalized spacial score (nSPS) is 14.4. The van der Waals surface area contributed by atoms with Gasteiger partial charge in [0.15, 0.2) is 0 Å². The molecule has 4 nitrogen and oxygen atoms in total. The smallest absolute Gasteiger partial charge is 0.371 e. The van der Waals surface area contributed by atoms with E-state index >= 15 is 0 Å². The lowest BCUT2D eigenvalue weighted by Crippen LogP contribution is -2.27. The second-order valence-electron chi connectivity index (χ2n) is 5.03. The Kier molecular flexibility index (Phi) is 5.41. The molecule has 1 rings (SSSR count). The summed E-state index contributed by atoms with van der Waals surface area (Å²) in [5.41, 5.74) is 0.920. The summed E-state index contributed by atoms with van der Waals surface area (Å²) in [5.74, 6) is 0.374. The summed E-state index contributed by atoms with van der Waals surface area (Å²) in [5, 5.41) is 12.2. The van der Waals surface area contributed by atoms with Gasteiger partial charge in [0.2, 0.25) is 5.76 Å². The second-order valence-corrected chi connectivity index (χ2v) is 5.03. The second kappa shape index (κ2) is 6.59. The minimum Gasteiger partial charge on any atom is -0.475 e. The van der Waals surface area contributed by atoms with E-state index in [0.717, 1.165) is 12.0 Å². The Morgan fingerprint density at radius 2 is 2.17 bits per heavy atom. The van der Waals surface area contributed by atoms with Crippen molar-refractivity contribution in [3.8, 4) is 0 Å². The Bertz CT molecular complexity index is 398. The van der Waals surface area contributed by atoms with Crippen molar-refractivity contribution in [2.75, 3.05) is 0 Å². The third-order valence-corrected chi connectivity index (χ3v) is 3.33. The molecule has 0 aliphatic carbocycles. The molecule has 18 heavy (non-hydrogen) atoms. The van der Waals surface area contributed by atoms with Crippen LogP contribution in [0.1, 0.15) is 55.5 Å². The molecule has 0 saturated heterocycles. The first kappa shape index (κ1) is 14.8. The molecule has 102 valence electrons. The summed E-state index contributed by atoms with van der Waals surface area (Å²) in [6, 6.07) is 2.02. The summed E-state index contributed by atoms with van der Waals surface area (Å²) < 4.78 is 5.17. The highest BCUT2D eigenvalue weighted by molar-refractivity contribution is 5.84. The molecule has 0 radical (unpaired) electrons.